The molecule has 5 heteroatoms. The Morgan fingerprint density at radius 1 is 1.50 bits per heavy atom. The minimum Gasteiger partial charge on any atom is -0.507 e. The number of hydrogen-bond acceptors (Lipinski definition) is 5. The molecular weight excluding hydrogens is 260 g/mol. The number of cyclic esters (lactones) is 1. The van der Waals surface area contributed by atoms with Crippen molar-refractivity contribution in [1.82, 2.24) is 0 Å². The molecule has 0 amide bonds. The van der Waals surface area contributed by atoms with Crippen molar-refractivity contribution in [3.05, 3.63) is 33.9 Å². The number of fused-ring (bicyclic) bond motifs is 1. The largest absolute Gasteiger partial charge is 0.507 e. The van der Waals surface area contributed by atoms with Gasteiger partial charge in [-0.15, -0.1) is 0 Å². The number of methoxy groups -OCH3 is 1. The zero-order chi connectivity index (χ0) is 14.9. The highest BCUT2D eigenvalue weighted by Gasteiger charge is 2.31. The van der Waals surface area contributed by atoms with E-state index >= 15 is 0 Å². The summed E-state index contributed by atoms with van der Waals surface area (Å²) >= 11 is 0. The first-order valence-electron chi connectivity index (χ1n) is 6.21. The molecule has 20 heavy (non-hydrogen) atoms. The SMILES string of the molecule is COc1c(C)c2c(c(O)c1CC=C(C)C=O)C(=O)OC2. The van der Waals surface area contributed by atoms with Gasteiger partial charge in [0, 0.05) is 11.1 Å². The lowest BCUT2D eigenvalue weighted by atomic mass is 9.95. The van der Waals surface area contributed by atoms with Crippen LogP contribution in [-0.2, 0) is 22.6 Å². The number of phenols is 1. The van der Waals surface area contributed by atoms with Crippen molar-refractivity contribution in [2.75, 3.05) is 7.11 Å². The molecular formula is C15H16O5. The van der Waals surface area contributed by atoms with Crippen molar-refractivity contribution in [1.29, 1.82) is 0 Å². The van der Waals surface area contributed by atoms with E-state index in [0.717, 1.165) is 11.8 Å². The Morgan fingerprint density at radius 2 is 2.20 bits per heavy atom. The summed E-state index contributed by atoms with van der Waals surface area (Å²) in [5.41, 5.74) is 2.67. The summed E-state index contributed by atoms with van der Waals surface area (Å²) in [7, 11) is 1.51. The van der Waals surface area contributed by atoms with Crippen molar-refractivity contribution in [3.63, 3.8) is 0 Å². The first-order valence-corrected chi connectivity index (χ1v) is 6.21. The van der Waals surface area contributed by atoms with Gasteiger partial charge in [-0.1, -0.05) is 6.08 Å². The predicted octanol–water partition coefficient (Wildman–Crippen LogP) is 2.07. The lowest BCUT2D eigenvalue weighted by molar-refractivity contribution is -0.104. The van der Waals surface area contributed by atoms with E-state index in [1.807, 2.05) is 6.92 Å². The smallest absolute Gasteiger partial charge is 0.342 e. The van der Waals surface area contributed by atoms with Crippen molar-refractivity contribution >= 4 is 12.3 Å². The Labute approximate surface area is 116 Å². The van der Waals surface area contributed by atoms with Gasteiger partial charge in [-0.2, -0.15) is 0 Å². The number of benzene rings is 1. The van der Waals surface area contributed by atoms with Crippen LogP contribution in [-0.4, -0.2) is 24.5 Å². The molecule has 2 rings (SSSR count). The van der Waals surface area contributed by atoms with Gasteiger partial charge < -0.3 is 14.6 Å². The average Bonchev–Trinajstić information content (AvgIpc) is 2.83. The topological polar surface area (TPSA) is 72.8 Å². The van der Waals surface area contributed by atoms with Crippen molar-refractivity contribution in [2.45, 2.75) is 26.9 Å². The second-order valence-corrected chi connectivity index (χ2v) is 4.69. The summed E-state index contributed by atoms with van der Waals surface area (Å²) in [5, 5.41) is 10.3. The van der Waals surface area contributed by atoms with Crippen molar-refractivity contribution < 1.29 is 24.2 Å². The average molecular weight is 276 g/mol. The standard InChI is InChI=1S/C15H16O5/c1-8(6-16)4-5-10-13(17)12-11(7-20-15(12)18)9(2)14(10)19-3/h4,6,17H,5,7H2,1-3H3. The van der Waals surface area contributed by atoms with Crippen LogP contribution in [0.5, 0.6) is 11.5 Å². The Kier molecular flexibility index (Phi) is 3.79. The summed E-state index contributed by atoms with van der Waals surface area (Å²) in [4.78, 5) is 22.3. The number of carbonyl (C=O) groups excluding carboxylic acids is 2. The maximum atomic E-state index is 11.7. The Bertz CT molecular complexity index is 613. The monoisotopic (exact) mass is 276 g/mol. The summed E-state index contributed by atoms with van der Waals surface area (Å²) < 4.78 is 10.3. The number of rotatable bonds is 4. The summed E-state index contributed by atoms with van der Waals surface area (Å²) in [6.45, 7) is 3.64. The van der Waals surface area contributed by atoms with E-state index in [2.05, 4.69) is 0 Å². The third kappa shape index (κ3) is 2.15. The number of ether oxygens (including phenoxy) is 2. The highest BCUT2D eigenvalue weighted by Crippen LogP contribution is 2.41. The molecule has 0 atom stereocenters. The van der Waals surface area contributed by atoms with E-state index in [0.29, 0.717) is 28.9 Å². The highest BCUT2D eigenvalue weighted by atomic mass is 16.5. The molecule has 0 saturated heterocycles. The van der Waals surface area contributed by atoms with Gasteiger partial charge in [-0.3, -0.25) is 4.79 Å². The van der Waals surface area contributed by atoms with Crippen molar-refractivity contribution in [3.8, 4) is 11.5 Å². The van der Waals surface area contributed by atoms with Gasteiger partial charge in [-0.25, -0.2) is 4.79 Å². The molecule has 1 heterocycles. The van der Waals surface area contributed by atoms with Crippen LogP contribution in [0.1, 0.15) is 34.0 Å². The first kappa shape index (κ1) is 14.1. The van der Waals surface area contributed by atoms with Gasteiger partial charge in [0.05, 0.1) is 7.11 Å². The zero-order valence-electron chi connectivity index (χ0n) is 11.6. The number of aldehydes is 1. The van der Waals surface area contributed by atoms with Crippen LogP contribution in [0.15, 0.2) is 11.6 Å². The van der Waals surface area contributed by atoms with Gasteiger partial charge in [0.25, 0.3) is 0 Å². The normalized spacial score (nSPS) is 13.9. The van der Waals surface area contributed by atoms with Crippen LogP contribution in [0.3, 0.4) is 0 Å². The molecule has 0 bridgehead atoms. The summed E-state index contributed by atoms with van der Waals surface area (Å²) in [6.07, 6.45) is 2.72. The fraction of sp³-hybridized carbons (Fsp3) is 0.333. The van der Waals surface area contributed by atoms with Crippen molar-refractivity contribution in [2.24, 2.45) is 0 Å². The number of esters is 1. The zero-order valence-corrected chi connectivity index (χ0v) is 11.6. The van der Waals surface area contributed by atoms with Crippen LogP contribution in [0.25, 0.3) is 0 Å². The maximum absolute atomic E-state index is 11.7. The third-order valence-corrected chi connectivity index (χ3v) is 3.46. The Morgan fingerprint density at radius 3 is 2.80 bits per heavy atom. The molecule has 0 unspecified atom stereocenters. The number of allylic oxidation sites excluding steroid dienone is 2. The molecule has 1 aromatic rings. The molecule has 0 aliphatic carbocycles. The molecule has 0 saturated carbocycles. The van der Waals surface area contributed by atoms with Crippen LogP contribution in [0, 0.1) is 6.92 Å². The third-order valence-electron chi connectivity index (χ3n) is 3.46. The lowest BCUT2D eigenvalue weighted by Gasteiger charge is -2.15. The van der Waals surface area contributed by atoms with Gasteiger partial charge in [0.15, 0.2) is 0 Å². The van der Waals surface area contributed by atoms with Crippen LogP contribution < -0.4 is 4.74 Å². The molecule has 0 fully saturated rings. The highest BCUT2D eigenvalue weighted by molar-refractivity contribution is 5.98. The number of carbonyl (C=O) groups is 2. The lowest BCUT2D eigenvalue weighted by Crippen LogP contribution is -2.03. The number of hydrogen-bond donors (Lipinski definition) is 1. The van der Waals surface area contributed by atoms with E-state index in [9.17, 15) is 14.7 Å². The maximum Gasteiger partial charge on any atom is 0.342 e. The molecule has 0 radical (unpaired) electrons. The van der Waals surface area contributed by atoms with E-state index in [1.165, 1.54) is 7.11 Å². The minimum absolute atomic E-state index is 0.125. The molecule has 1 aromatic carbocycles. The molecule has 5 nitrogen and oxygen atoms in total. The van der Waals surface area contributed by atoms with E-state index in [1.54, 1.807) is 13.0 Å². The number of aromatic hydroxyl groups is 1. The Hall–Kier alpha value is -2.30. The van der Waals surface area contributed by atoms with Gasteiger partial charge in [0.1, 0.15) is 30.0 Å². The molecule has 1 N–H and O–H groups in total. The van der Waals surface area contributed by atoms with Gasteiger partial charge >= 0.3 is 5.97 Å². The van der Waals surface area contributed by atoms with E-state index < -0.39 is 5.97 Å². The second-order valence-electron chi connectivity index (χ2n) is 4.69. The molecule has 0 spiro atoms. The van der Waals surface area contributed by atoms with Gasteiger partial charge in [0.2, 0.25) is 0 Å². The first-order chi connectivity index (χ1) is 9.51. The minimum atomic E-state index is -0.527. The molecule has 1 aliphatic heterocycles. The number of phenolic OH excluding ortho intramolecular Hbond substituents is 1. The van der Waals surface area contributed by atoms with Crippen LogP contribution >= 0.6 is 0 Å². The summed E-state index contributed by atoms with van der Waals surface area (Å²) in [6, 6.07) is 0. The molecule has 106 valence electrons. The Balaban J connectivity index is 2.61. The van der Waals surface area contributed by atoms with Crippen LogP contribution in [0.4, 0.5) is 0 Å². The van der Waals surface area contributed by atoms with E-state index in [-0.39, 0.29) is 17.9 Å². The quantitative estimate of drug-likeness (QED) is 0.517. The summed E-state index contributed by atoms with van der Waals surface area (Å²) in [5.74, 6) is -0.130. The second kappa shape index (κ2) is 5.36. The van der Waals surface area contributed by atoms with Gasteiger partial charge in [-0.05, 0) is 31.4 Å². The predicted molar refractivity (Wildman–Crippen MR) is 72.0 cm³/mol. The molecule has 1 aliphatic rings. The van der Waals surface area contributed by atoms with E-state index in [4.69, 9.17) is 9.47 Å². The fourth-order valence-corrected chi connectivity index (χ4v) is 2.34. The molecule has 0 aromatic heterocycles. The fourth-order valence-electron chi connectivity index (χ4n) is 2.34. The van der Waals surface area contributed by atoms with Crippen LogP contribution in [0.2, 0.25) is 0 Å².